The zero-order chi connectivity index (χ0) is 14.1. The highest BCUT2D eigenvalue weighted by atomic mass is 35.5. The Bertz CT molecular complexity index is 792. The van der Waals surface area contributed by atoms with Gasteiger partial charge in [0.1, 0.15) is 5.82 Å². The van der Waals surface area contributed by atoms with Gasteiger partial charge in [-0.25, -0.2) is 4.39 Å². The van der Waals surface area contributed by atoms with E-state index in [4.69, 9.17) is 23.2 Å². The fourth-order valence-corrected chi connectivity index (χ4v) is 2.19. The van der Waals surface area contributed by atoms with E-state index >= 15 is 0 Å². The number of aromatic nitrogens is 2. The van der Waals surface area contributed by atoms with Crippen molar-refractivity contribution in [1.29, 1.82) is 0 Å². The Kier molecular flexibility index (Phi) is 3.42. The number of anilines is 2. The number of halogens is 3. The average molecular weight is 308 g/mol. The van der Waals surface area contributed by atoms with Crippen LogP contribution in [0.25, 0.3) is 10.8 Å². The second-order valence-electron chi connectivity index (χ2n) is 4.14. The molecule has 0 aliphatic rings. The van der Waals surface area contributed by atoms with Crippen LogP contribution >= 0.6 is 23.2 Å². The van der Waals surface area contributed by atoms with Gasteiger partial charge in [-0.1, -0.05) is 47.5 Å². The second-order valence-corrected chi connectivity index (χ2v) is 4.90. The Hall–Kier alpha value is -1.91. The maximum Gasteiger partial charge on any atom is 0.161 e. The van der Waals surface area contributed by atoms with Gasteiger partial charge in [-0.3, -0.25) is 0 Å². The van der Waals surface area contributed by atoms with E-state index in [1.807, 2.05) is 24.3 Å². The lowest BCUT2D eigenvalue weighted by Gasteiger charge is -2.09. The van der Waals surface area contributed by atoms with Crippen molar-refractivity contribution < 1.29 is 4.39 Å². The standard InChI is InChI=1S/C14H8Cl2FN3/c15-11-6-5-8(7-12(11)17)18-14-10-4-2-1-3-9(10)13(16)19-20-14/h1-7H,(H,18,20). The van der Waals surface area contributed by atoms with Crippen molar-refractivity contribution in [3.63, 3.8) is 0 Å². The lowest BCUT2D eigenvalue weighted by molar-refractivity contribution is 0.629. The van der Waals surface area contributed by atoms with E-state index in [9.17, 15) is 4.39 Å². The van der Waals surface area contributed by atoms with Gasteiger partial charge in [-0.2, -0.15) is 0 Å². The molecule has 0 saturated heterocycles. The predicted octanol–water partition coefficient (Wildman–Crippen LogP) is 4.82. The molecule has 0 spiro atoms. The first-order chi connectivity index (χ1) is 9.65. The maximum absolute atomic E-state index is 13.4. The quantitative estimate of drug-likeness (QED) is 0.737. The Balaban J connectivity index is 2.06. The summed E-state index contributed by atoms with van der Waals surface area (Å²) < 4.78 is 13.4. The number of rotatable bonds is 2. The summed E-state index contributed by atoms with van der Waals surface area (Å²) in [6.07, 6.45) is 0. The summed E-state index contributed by atoms with van der Waals surface area (Å²) in [4.78, 5) is 0. The van der Waals surface area contributed by atoms with Crippen LogP contribution < -0.4 is 5.32 Å². The number of nitrogens with zero attached hydrogens (tertiary/aromatic N) is 2. The van der Waals surface area contributed by atoms with E-state index in [0.29, 0.717) is 16.7 Å². The maximum atomic E-state index is 13.4. The van der Waals surface area contributed by atoms with Crippen molar-refractivity contribution in [3.05, 3.63) is 58.5 Å². The van der Waals surface area contributed by atoms with Gasteiger partial charge in [-0.15, -0.1) is 10.2 Å². The number of fused-ring (bicyclic) bond motifs is 1. The van der Waals surface area contributed by atoms with Gasteiger partial charge in [0.2, 0.25) is 0 Å². The van der Waals surface area contributed by atoms with Crippen LogP contribution in [0.2, 0.25) is 10.2 Å². The molecule has 6 heteroatoms. The first kappa shape index (κ1) is 13.1. The molecule has 0 fully saturated rings. The fraction of sp³-hybridized carbons (Fsp3) is 0. The third kappa shape index (κ3) is 2.40. The van der Waals surface area contributed by atoms with Crippen molar-refractivity contribution in [3.8, 4) is 0 Å². The Morgan fingerprint density at radius 1 is 0.950 bits per heavy atom. The molecule has 0 saturated carbocycles. The molecule has 0 aliphatic heterocycles. The predicted molar refractivity (Wildman–Crippen MR) is 79.2 cm³/mol. The molecule has 3 aromatic rings. The summed E-state index contributed by atoms with van der Waals surface area (Å²) in [5, 5.41) is 12.9. The van der Waals surface area contributed by atoms with Crippen LogP contribution in [0.4, 0.5) is 15.9 Å². The van der Waals surface area contributed by atoms with E-state index in [2.05, 4.69) is 15.5 Å². The van der Waals surface area contributed by atoms with Gasteiger partial charge in [0, 0.05) is 16.5 Å². The number of hydrogen-bond acceptors (Lipinski definition) is 3. The Morgan fingerprint density at radius 3 is 2.45 bits per heavy atom. The molecular formula is C14H8Cl2FN3. The Labute approximate surface area is 124 Å². The third-order valence-corrected chi connectivity index (χ3v) is 3.41. The van der Waals surface area contributed by atoms with Crippen LogP contribution in [-0.2, 0) is 0 Å². The minimum absolute atomic E-state index is 0.0719. The minimum atomic E-state index is -0.497. The molecule has 20 heavy (non-hydrogen) atoms. The highest BCUT2D eigenvalue weighted by Crippen LogP contribution is 2.28. The van der Waals surface area contributed by atoms with Crippen molar-refractivity contribution in [2.24, 2.45) is 0 Å². The number of benzene rings is 2. The SMILES string of the molecule is Fc1cc(Nc2nnc(Cl)c3ccccc23)ccc1Cl. The van der Waals surface area contributed by atoms with Crippen molar-refractivity contribution >= 4 is 45.5 Å². The smallest absolute Gasteiger partial charge is 0.161 e. The molecule has 2 aromatic carbocycles. The normalized spacial score (nSPS) is 10.8. The van der Waals surface area contributed by atoms with Gasteiger partial charge in [0.15, 0.2) is 11.0 Å². The molecule has 1 heterocycles. The van der Waals surface area contributed by atoms with Crippen molar-refractivity contribution in [2.75, 3.05) is 5.32 Å². The van der Waals surface area contributed by atoms with E-state index in [1.54, 1.807) is 6.07 Å². The second kappa shape index (κ2) is 5.23. The monoisotopic (exact) mass is 307 g/mol. The molecule has 1 aromatic heterocycles. The molecular weight excluding hydrogens is 300 g/mol. The molecule has 0 unspecified atom stereocenters. The summed E-state index contributed by atoms with van der Waals surface area (Å²) in [7, 11) is 0. The van der Waals surface area contributed by atoms with Crippen LogP contribution in [0.15, 0.2) is 42.5 Å². The van der Waals surface area contributed by atoms with Crippen LogP contribution in [-0.4, -0.2) is 10.2 Å². The largest absolute Gasteiger partial charge is 0.338 e. The molecule has 0 aliphatic carbocycles. The molecule has 0 amide bonds. The van der Waals surface area contributed by atoms with Crippen LogP contribution in [0.3, 0.4) is 0 Å². The summed E-state index contributed by atoms with van der Waals surface area (Å²) >= 11 is 11.7. The first-order valence-electron chi connectivity index (χ1n) is 5.78. The van der Waals surface area contributed by atoms with Crippen molar-refractivity contribution in [1.82, 2.24) is 10.2 Å². The minimum Gasteiger partial charge on any atom is -0.338 e. The topological polar surface area (TPSA) is 37.8 Å². The van der Waals surface area contributed by atoms with Crippen molar-refractivity contribution in [2.45, 2.75) is 0 Å². The zero-order valence-electron chi connectivity index (χ0n) is 10.1. The molecule has 0 atom stereocenters. The summed E-state index contributed by atoms with van der Waals surface area (Å²) in [6, 6.07) is 11.9. The highest BCUT2D eigenvalue weighted by Gasteiger charge is 2.08. The zero-order valence-corrected chi connectivity index (χ0v) is 11.6. The average Bonchev–Trinajstić information content (AvgIpc) is 2.46. The lowest BCUT2D eigenvalue weighted by Crippen LogP contribution is -1.98. The van der Waals surface area contributed by atoms with Gasteiger partial charge in [-0.05, 0) is 18.2 Å². The molecule has 0 bridgehead atoms. The van der Waals surface area contributed by atoms with E-state index in [-0.39, 0.29) is 5.02 Å². The summed E-state index contributed by atoms with van der Waals surface area (Å²) in [5.74, 6) is 0.00890. The first-order valence-corrected chi connectivity index (χ1v) is 6.54. The van der Waals surface area contributed by atoms with Gasteiger partial charge < -0.3 is 5.32 Å². The summed E-state index contributed by atoms with van der Waals surface area (Å²) in [5.41, 5.74) is 0.536. The van der Waals surface area contributed by atoms with Gasteiger partial charge in [0.25, 0.3) is 0 Å². The number of hydrogen-bond donors (Lipinski definition) is 1. The molecule has 100 valence electrons. The molecule has 1 N–H and O–H groups in total. The van der Waals surface area contributed by atoms with Crippen LogP contribution in [0, 0.1) is 5.82 Å². The number of nitrogens with one attached hydrogen (secondary N) is 1. The van der Waals surface area contributed by atoms with E-state index in [1.165, 1.54) is 12.1 Å². The highest BCUT2D eigenvalue weighted by molar-refractivity contribution is 6.34. The lowest BCUT2D eigenvalue weighted by atomic mass is 10.2. The molecule has 0 radical (unpaired) electrons. The summed E-state index contributed by atoms with van der Waals surface area (Å²) in [6.45, 7) is 0. The third-order valence-electron chi connectivity index (χ3n) is 2.82. The Morgan fingerprint density at radius 2 is 1.70 bits per heavy atom. The van der Waals surface area contributed by atoms with E-state index < -0.39 is 5.82 Å². The van der Waals surface area contributed by atoms with Gasteiger partial charge >= 0.3 is 0 Å². The fourth-order valence-electron chi connectivity index (χ4n) is 1.87. The van der Waals surface area contributed by atoms with Gasteiger partial charge in [0.05, 0.1) is 5.02 Å². The molecule has 3 rings (SSSR count). The molecule has 3 nitrogen and oxygen atoms in total. The van der Waals surface area contributed by atoms with E-state index in [0.717, 1.165) is 10.8 Å². The van der Waals surface area contributed by atoms with Crippen LogP contribution in [0.5, 0.6) is 0 Å². The van der Waals surface area contributed by atoms with Crippen LogP contribution in [0.1, 0.15) is 0 Å².